The van der Waals surface area contributed by atoms with Gasteiger partial charge in [-0.25, -0.2) is 0 Å². The van der Waals surface area contributed by atoms with Crippen molar-refractivity contribution in [3.63, 3.8) is 0 Å². The Morgan fingerprint density at radius 3 is 2.04 bits per heavy atom. The average molecular weight is 449 g/mol. The van der Waals surface area contributed by atoms with Crippen LogP contribution in [0.2, 0.25) is 36.3 Å². The first-order chi connectivity index (χ1) is 12.2. The highest BCUT2D eigenvalue weighted by Gasteiger charge is 2.41. The van der Waals surface area contributed by atoms with Gasteiger partial charge < -0.3 is 4.43 Å². The second kappa shape index (κ2) is 8.07. The second-order valence-electron chi connectivity index (χ2n) is 11.2. The fraction of sp³-hybridized carbons (Fsp3) is 0.842. The van der Waals surface area contributed by atoms with Crippen molar-refractivity contribution in [1.82, 2.24) is 14.2 Å². The third kappa shape index (κ3) is 5.85. The number of nitrogens with one attached hydrogen (secondary N) is 1. The van der Waals surface area contributed by atoms with Crippen LogP contribution < -0.4 is 9.53 Å². The van der Waals surface area contributed by atoms with E-state index in [1.807, 2.05) is 10.9 Å². The van der Waals surface area contributed by atoms with E-state index >= 15 is 0 Å². The molecule has 6 nitrogen and oxygen atoms in total. The predicted octanol–water partition coefficient (Wildman–Crippen LogP) is 4.74. The number of hydrogen-bond donors (Lipinski definition) is 3. The zero-order valence-electron chi connectivity index (χ0n) is 20.1. The molecule has 0 amide bonds. The molecular formula is C19H44N4O2SSi2. The number of nitrogens with two attached hydrogens (primary N) is 1. The number of rotatable bonds is 7. The van der Waals surface area contributed by atoms with Crippen LogP contribution >= 0.6 is 0 Å². The highest BCUT2D eigenvalue weighted by molar-refractivity contribution is 8.00. The smallest absolute Gasteiger partial charge is 0.192 e. The summed E-state index contributed by atoms with van der Waals surface area (Å²) in [5.41, 5.74) is 0.829. The predicted molar refractivity (Wildman–Crippen MR) is 127 cm³/mol. The van der Waals surface area contributed by atoms with E-state index in [-0.39, 0.29) is 16.1 Å². The van der Waals surface area contributed by atoms with E-state index in [0.29, 0.717) is 11.6 Å². The maximum atomic E-state index is 13.6. The maximum absolute atomic E-state index is 13.6. The summed E-state index contributed by atoms with van der Waals surface area (Å²) in [7, 11) is -7.34. The Kier molecular flexibility index (Phi) is 7.41. The fourth-order valence-corrected chi connectivity index (χ4v) is 9.00. The summed E-state index contributed by atoms with van der Waals surface area (Å²) in [5.74, 6) is 0. The number of hydrogen-bond acceptors (Lipinski definition) is 3. The standard InChI is InChI=1S/C19H44N4O2SSi2/c1-15(2)23-13-16(14-25-28(11,12)19(6,7)8)17(21-23)26(20,24)22-27(9,10)18(3,4)5/h13,15,26H,14H2,1-12H3,(H3,20,22,24). The molecule has 0 unspecified atom stereocenters. The monoisotopic (exact) mass is 448 g/mol. The molecule has 0 aliphatic rings. The zero-order chi connectivity index (χ0) is 22.3. The molecule has 166 valence electrons. The summed E-state index contributed by atoms with van der Waals surface area (Å²) in [5, 5.41) is 11.6. The molecule has 28 heavy (non-hydrogen) atoms. The first-order valence-corrected chi connectivity index (χ1v) is 17.8. The van der Waals surface area contributed by atoms with Crippen molar-refractivity contribution in [3.05, 3.63) is 11.8 Å². The molecule has 0 atom stereocenters. The van der Waals surface area contributed by atoms with Gasteiger partial charge >= 0.3 is 0 Å². The molecule has 1 heterocycles. The van der Waals surface area contributed by atoms with Gasteiger partial charge in [0.15, 0.2) is 13.3 Å². The first-order valence-electron chi connectivity index (χ1n) is 10.1. The van der Waals surface area contributed by atoms with Gasteiger partial charge in [0, 0.05) is 28.1 Å². The molecule has 1 aromatic rings. The highest BCUT2D eigenvalue weighted by Crippen LogP contribution is 2.38. The molecule has 0 aliphatic carbocycles. The number of nitrogens with zero attached hydrogens (tertiary/aromatic N) is 2. The fourth-order valence-electron chi connectivity index (χ4n) is 2.18. The molecule has 0 saturated heterocycles. The van der Waals surface area contributed by atoms with Crippen LogP contribution in [0.4, 0.5) is 0 Å². The average Bonchev–Trinajstić information content (AvgIpc) is 2.87. The van der Waals surface area contributed by atoms with Gasteiger partial charge in [-0.3, -0.25) is 18.4 Å². The summed E-state index contributed by atoms with van der Waals surface area (Å²) < 4.78 is 25.2. The summed E-state index contributed by atoms with van der Waals surface area (Å²) in [4.78, 5) is 0. The Hall–Kier alpha value is -0.326. The van der Waals surface area contributed by atoms with Gasteiger partial charge in [0.2, 0.25) is 0 Å². The Morgan fingerprint density at radius 2 is 1.64 bits per heavy atom. The molecule has 0 saturated carbocycles. The molecule has 1 rings (SSSR count). The molecule has 0 bridgehead atoms. The van der Waals surface area contributed by atoms with Crippen LogP contribution in [0.15, 0.2) is 11.2 Å². The van der Waals surface area contributed by atoms with Crippen molar-refractivity contribution in [3.8, 4) is 0 Å². The third-order valence-corrected chi connectivity index (χ3v) is 19.1. The van der Waals surface area contributed by atoms with Gasteiger partial charge in [0.05, 0.1) is 6.61 Å². The first kappa shape index (κ1) is 25.7. The topological polar surface area (TPSA) is 82.2 Å². The maximum Gasteiger partial charge on any atom is 0.192 e. The van der Waals surface area contributed by atoms with E-state index in [1.165, 1.54) is 0 Å². The van der Waals surface area contributed by atoms with Crippen LogP contribution in [-0.4, -0.2) is 30.5 Å². The van der Waals surface area contributed by atoms with Crippen molar-refractivity contribution in [2.45, 2.75) is 109 Å². The van der Waals surface area contributed by atoms with E-state index in [0.717, 1.165) is 5.56 Å². The summed E-state index contributed by atoms with van der Waals surface area (Å²) in [6.07, 6.45) is 1.94. The van der Waals surface area contributed by atoms with Gasteiger partial charge in [-0.2, -0.15) is 5.10 Å². The van der Waals surface area contributed by atoms with Crippen molar-refractivity contribution < 1.29 is 8.63 Å². The molecule has 0 fully saturated rings. The van der Waals surface area contributed by atoms with E-state index in [9.17, 15) is 4.21 Å². The minimum absolute atomic E-state index is 0.0143. The minimum Gasteiger partial charge on any atom is -0.412 e. The lowest BCUT2D eigenvalue weighted by molar-refractivity contribution is 0.273. The second-order valence-corrected chi connectivity index (χ2v) is 23.4. The van der Waals surface area contributed by atoms with E-state index in [4.69, 9.17) is 9.56 Å². The molecule has 9 heteroatoms. The quantitative estimate of drug-likeness (QED) is 0.416. The van der Waals surface area contributed by atoms with E-state index in [1.54, 1.807) is 0 Å². The Bertz CT molecular complexity index is 731. The Morgan fingerprint density at radius 1 is 1.14 bits per heavy atom. The van der Waals surface area contributed by atoms with Gasteiger partial charge in [-0.05, 0) is 37.0 Å². The summed E-state index contributed by atoms with van der Waals surface area (Å²) >= 11 is 0. The van der Waals surface area contributed by atoms with Crippen molar-refractivity contribution >= 4 is 26.9 Å². The van der Waals surface area contributed by atoms with Gasteiger partial charge in [-0.15, -0.1) is 0 Å². The molecular weight excluding hydrogens is 404 g/mol. The van der Waals surface area contributed by atoms with E-state index in [2.05, 4.69) is 91.1 Å². The SMILES string of the molecule is CC(C)n1cc(CO[Si](C)(C)C(C)(C)C)c([SH](N)(=O)N[Si](C)(C)C(C)(C)C)n1. The van der Waals surface area contributed by atoms with Crippen molar-refractivity contribution in [2.75, 3.05) is 0 Å². The van der Waals surface area contributed by atoms with Crippen molar-refractivity contribution in [2.24, 2.45) is 5.14 Å². The lowest BCUT2D eigenvalue weighted by Crippen LogP contribution is -2.59. The number of thiol groups is 1. The van der Waals surface area contributed by atoms with Crippen LogP contribution in [0.3, 0.4) is 0 Å². The zero-order valence-corrected chi connectivity index (χ0v) is 23.0. The number of aromatic nitrogens is 2. The van der Waals surface area contributed by atoms with Crippen molar-refractivity contribution in [1.29, 1.82) is 0 Å². The third-order valence-electron chi connectivity index (χ3n) is 6.34. The largest absolute Gasteiger partial charge is 0.412 e. The summed E-state index contributed by atoms with van der Waals surface area (Å²) in [6, 6.07) is 0.160. The molecule has 0 aliphatic heterocycles. The van der Waals surface area contributed by atoms with Crippen LogP contribution in [0.1, 0.15) is 67.0 Å². The van der Waals surface area contributed by atoms with Gasteiger partial charge in [0.25, 0.3) is 0 Å². The Balaban J connectivity index is 3.30. The lowest BCUT2D eigenvalue weighted by atomic mass is 10.2. The lowest BCUT2D eigenvalue weighted by Gasteiger charge is -2.40. The van der Waals surface area contributed by atoms with Crippen LogP contribution in [0, 0.1) is 0 Å². The molecule has 0 radical (unpaired) electrons. The minimum atomic E-state index is -3.33. The molecule has 0 aromatic carbocycles. The van der Waals surface area contributed by atoms with Gasteiger partial charge in [0.1, 0.15) is 8.24 Å². The van der Waals surface area contributed by atoms with E-state index < -0.39 is 26.9 Å². The normalized spacial score (nSPS) is 15.4. The van der Waals surface area contributed by atoms with Gasteiger partial charge in [-0.1, -0.05) is 54.6 Å². The molecule has 3 N–H and O–H groups in total. The molecule has 1 aromatic heterocycles. The molecule has 0 spiro atoms. The van der Waals surface area contributed by atoms with Crippen LogP contribution in [-0.2, 0) is 21.3 Å². The van der Waals surface area contributed by atoms with Crippen LogP contribution in [0.5, 0.6) is 0 Å². The summed E-state index contributed by atoms with van der Waals surface area (Å²) in [6.45, 7) is 26.4. The van der Waals surface area contributed by atoms with Crippen LogP contribution in [0.25, 0.3) is 0 Å². The highest BCUT2D eigenvalue weighted by atomic mass is 32.3. The Labute approximate surface area is 175 Å².